The molecule has 23 heavy (non-hydrogen) atoms. The number of rotatable bonds is 8. The molecule has 0 unspecified atom stereocenters. The van der Waals surface area contributed by atoms with Gasteiger partial charge in [0.25, 0.3) is 0 Å². The minimum absolute atomic E-state index is 0.0186. The molecule has 1 amide bonds. The minimum Gasteiger partial charge on any atom is -0.493 e. The monoisotopic (exact) mass is 333 g/mol. The summed E-state index contributed by atoms with van der Waals surface area (Å²) in [6.07, 6.45) is 2.19. The molecule has 0 spiro atoms. The molecule has 0 aliphatic rings. The van der Waals surface area contributed by atoms with Gasteiger partial charge < -0.3 is 10.1 Å². The van der Waals surface area contributed by atoms with Crippen molar-refractivity contribution in [2.24, 2.45) is 5.92 Å². The number of aromatic nitrogens is 2. The maximum absolute atomic E-state index is 11.7. The summed E-state index contributed by atoms with van der Waals surface area (Å²) in [7, 11) is 0. The Balaban J connectivity index is 1.76. The van der Waals surface area contributed by atoms with Crippen molar-refractivity contribution in [2.45, 2.75) is 40.0 Å². The lowest BCUT2D eigenvalue weighted by Gasteiger charge is -2.05. The van der Waals surface area contributed by atoms with Crippen LogP contribution in [0.25, 0.3) is 0 Å². The summed E-state index contributed by atoms with van der Waals surface area (Å²) < 4.78 is 5.70. The predicted octanol–water partition coefficient (Wildman–Crippen LogP) is 3.71. The number of nitrogens with one attached hydrogen (secondary N) is 1. The molecule has 5 nitrogen and oxygen atoms in total. The van der Waals surface area contributed by atoms with Gasteiger partial charge in [-0.25, -0.2) is 0 Å². The van der Waals surface area contributed by atoms with E-state index in [1.54, 1.807) is 0 Å². The second-order valence-corrected chi connectivity index (χ2v) is 6.81. The Kier molecular flexibility index (Phi) is 6.52. The summed E-state index contributed by atoms with van der Waals surface area (Å²) in [5.41, 5.74) is 1.29. The van der Waals surface area contributed by atoms with E-state index in [0.29, 0.717) is 30.5 Å². The number of benzene rings is 1. The quantitative estimate of drug-likeness (QED) is 0.800. The number of hydrogen-bond donors (Lipinski definition) is 1. The Bertz CT molecular complexity index is 623. The van der Waals surface area contributed by atoms with Crippen LogP contribution in [0.2, 0.25) is 0 Å². The second-order valence-electron chi connectivity index (χ2n) is 5.74. The molecule has 0 aliphatic carbocycles. The van der Waals surface area contributed by atoms with E-state index in [0.717, 1.165) is 17.2 Å². The molecular weight excluding hydrogens is 310 g/mol. The number of amides is 1. The van der Waals surface area contributed by atoms with Crippen LogP contribution in [-0.4, -0.2) is 22.7 Å². The van der Waals surface area contributed by atoms with Crippen LogP contribution in [0.3, 0.4) is 0 Å². The Morgan fingerprint density at radius 2 is 2.00 bits per heavy atom. The third-order valence-corrected chi connectivity index (χ3v) is 4.12. The van der Waals surface area contributed by atoms with Gasteiger partial charge >= 0.3 is 0 Å². The molecule has 124 valence electrons. The average molecular weight is 333 g/mol. The number of hydrogen-bond acceptors (Lipinski definition) is 5. The fourth-order valence-electron chi connectivity index (χ4n) is 2.02. The number of nitrogens with zero attached hydrogens (tertiary/aromatic N) is 2. The van der Waals surface area contributed by atoms with Crippen molar-refractivity contribution in [3.8, 4) is 5.75 Å². The van der Waals surface area contributed by atoms with Gasteiger partial charge in [-0.3, -0.25) is 4.79 Å². The molecule has 0 aliphatic heterocycles. The molecule has 2 aromatic rings. The van der Waals surface area contributed by atoms with E-state index in [-0.39, 0.29) is 5.91 Å². The van der Waals surface area contributed by atoms with Crippen LogP contribution >= 0.6 is 11.3 Å². The van der Waals surface area contributed by atoms with E-state index < -0.39 is 0 Å². The van der Waals surface area contributed by atoms with E-state index in [2.05, 4.69) is 34.6 Å². The van der Waals surface area contributed by atoms with Crippen LogP contribution in [0.5, 0.6) is 5.75 Å². The summed E-state index contributed by atoms with van der Waals surface area (Å²) in [6, 6.07) is 8.11. The van der Waals surface area contributed by atoms with Gasteiger partial charge in [-0.2, -0.15) is 0 Å². The number of carbonyl (C=O) groups excluding carboxylic acids is 1. The highest BCUT2D eigenvalue weighted by atomic mass is 32.1. The molecule has 0 radical (unpaired) electrons. The highest BCUT2D eigenvalue weighted by Gasteiger charge is 2.09. The Labute approximate surface area is 141 Å². The van der Waals surface area contributed by atoms with Gasteiger partial charge in [0, 0.05) is 12.8 Å². The second kappa shape index (κ2) is 8.62. The number of carbonyl (C=O) groups is 1. The zero-order chi connectivity index (χ0) is 16.7. The standard InChI is InChI=1S/C17H23N3O2S/c1-4-13-5-7-14(8-6-13)22-10-9-16-19-20-17(23-16)18-15(21)11-12(2)3/h5-8,12H,4,9-11H2,1-3H3,(H,18,20,21). The molecule has 0 saturated heterocycles. The Morgan fingerprint density at radius 1 is 1.26 bits per heavy atom. The maximum Gasteiger partial charge on any atom is 0.226 e. The molecule has 2 rings (SSSR count). The average Bonchev–Trinajstić information content (AvgIpc) is 2.94. The molecule has 6 heteroatoms. The molecule has 0 saturated carbocycles. The highest BCUT2D eigenvalue weighted by molar-refractivity contribution is 7.15. The molecule has 1 aromatic heterocycles. The first-order valence-electron chi connectivity index (χ1n) is 7.90. The van der Waals surface area contributed by atoms with Gasteiger partial charge in [0.15, 0.2) is 0 Å². The van der Waals surface area contributed by atoms with E-state index in [1.165, 1.54) is 16.9 Å². The zero-order valence-electron chi connectivity index (χ0n) is 13.8. The highest BCUT2D eigenvalue weighted by Crippen LogP contribution is 2.18. The van der Waals surface area contributed by atoms with Gasteiger partial charge in [0.2, 0.25) is 11.0 Å². The summed E-state index contributed by atoms with van der Waals surface area (Å²) in [4.78, 5) is 11.7. The van der Waals surface area contributed by atoms with Crippen molar-refractivity contribution < 1.29 is 9.53 Å². The molecule has 1 heterocycles. The number of ether oxygens (including phenoxy) is 1. The van der Waals surface area contributed by atoms with E-state index in [4.69, 9.17) is 4.74 Å². The van der Waals surface area contributed by atoms with Crippen molar-refractivity contribution in [2.75, 3.05) is 11.9 Å². The van der Waals surface area contributed by atoms with Gasteiger partial charge in [-0.05, 0) is 30.0 Å². The van der Waals surface area contributed by atoms with Gasteiger partial charge in [-0.15, -0.1) is 10.2 Å². The third kappa shape index (κ3) is 5.98. The smallest absolute Gasteiger partial charge is 0.226 e. The topological polar surface area (TPSA) is 64.1 Å². The van der Waals surface area contributed by atoms with Gasteiger partial charge in [-0.1, -0.05) is 44.2 Å². The molecule has 0 atom stereocenters. The van der Waals surface area contributed by atoms with Crippen LogP contribution in [0, 0.1) is 5.92 Å². The van der Waals surface area contributed by atoms with Crippen molar-refractivity contribution in [3.63, 3.8) is 0 Å². The molecule has 1 N–H and O–H groups in total. The first kappa shape index (κ1) is 17.4. The molecular formula is C17H23N3O2S. The van der Waals surface area contributed by atoms with E-state index >= 15 is 0 Å². The fraction of sp³-hybridized carbons (Fsp3) is 0.471. The van der Waals surface area contributed by atoms with Gasteiger partial charge in [0.1, 0.15) is 10.8 Å². The van der Waals surface area contributed by atoms with Crippen molar-refractivity contribution in [1.29, 1.82) is 0 Å². The van der Waals surface area contributed by atoms with Crippen LogP contribution in [0.1, 0.15) is 37.8 Å². The molecule has 0 bridgehead atoms. The maximum atomic E-state index is 11.7. The summed E-state index contributed by atoms with van der Waals surface area (Å²) in [6.45, 7) is 6.69. The minimum atomic E-state index is -0.0186. The van der Waals surface area contributed by atoms with Crippen molar-refractivity contribution in [3.05, 3.63) is 34.8 Å². The largest absolute Gasteiger partial charge is 0.493 e. The van der Waals surface area contributed by atoms with Crippen LogP contribution in [0.15, 0.2) is 24.3 Å². The first-order chi connectivity index (χ1) is 11.1. The lowest BCUT2D eigenvalue weighted by molar-refractivity contribution is -0.116. The summed E-state index contributed by atoms with van der Waals surface area (Å²) in [5, 5.41) is 12.3. The van der Waals surface area contributed by atoms with Crippen LogP contribution in [-0.2, 0) is 17.6 Å². The Morgan fingerprint density at radius 3 is 2.65 bits per heavy atom. The lowest BCUT2D eigenvalue weighted by Crippen LogP contribution is -2.13. The first-order valence-corrected chi connectivity index (χ1v) is 8.72. The summed E-state index contributed by atoms with van der Waals surface area (Å²) >= 11 is 1.40. The number of anilines is 1. The third-order valence-electron chi connectivity index (χ3n) is 3.22. The van der Waals surface area contributed by atoms with Crippen molar-refractivity contribution >= 4 is 22.4 Å². The zero-order valence-corrected chi connectivity index (χ0v) is 14.7. The van der Waals surface area contributed by atoms with E-state index in [9.17, 15) is 4.79 Å². The fourth-order valence-corrected chi connectivity index (χ4v) is 2.76. The lowest BCUT2D eigenvalue weighted by atomic mass is 10.1. The van der Waals surface area contributed by atoms with E-state index in [1.807, 2.05) is 26.0 Å². The predicted molar refractivity (Wildman–Crippen MR) is 93.0 cm³/mol. The van der Waals surface area contributed by atoms with Crippen LogP contribution in [0.4, 0.5) is 5.13 Å². The molecule has 0 fully saturated rings. The SMILES string of the molecule is CCc1ccc(OCCc2nnc(NC(=O)CC(C)C)s2)cc1. The number of aryl methyl sites for hydroxylation is 1. The van der Waals surface area contributed by atoms with Gasteiger partial charge in [0.05, 0.1) is 6.61 Å². The normalized spacial score (nSPS) is 10.8. The van der Waals surface area contributed by atoms with Crippen LogP contribution < -0.4 is 10.1 Å². The summed E-state index contributed by atoms with van der Waals surface area (Å²) in [5.74, 6) is 1.17. The van der Waals surface area contributed by atoms with Crippen molar-refractivity contribution in [1.82, 2.24) is 10.2 Å². The Hall–Kier alpha value is -1.95. The molecule has 1 aromatic carbocycles.